The first-order valence-electron chi connectivity index (χ1n) is 8.09. The Morgan fingerprint density at radius 1 is 1.44 bits per heavy atom. The van der Waals surface area contributed by atoms with Crippen LogP contribution in [0.1, 0.15) is 46.7 Å². The zero-order chi connectivity index (χ0) is 18.0. The highest BCUT2D eigenvalue weighted by molar-refractivity contribution is 7.99. The zero-order valence-electron chi connectivity index (χ0n) is 14.4. The molecule has 9 heteroatoms. The molecular formula is C16H20N4O3S2. The summed E-state index contributed by atoms with van der Waals surface area (Å²) in [6.07, 6.45) is 2.32. The van der Waals surface area contributed by atoms with E-state index < -0.39 is 5.97 Å². The second-order valence-corrected chi connectivity index (χ2v) is 8.03. The molecule has 0 bridgehead atoms. The Kier molecular flexibility index (Phi) is 5.43. The number of aryl methyl sites for hydroxylation is 1. The van der Waals surface area contributed by atoms with E-state index >= 15 is 0 Å². The van der Waals surface area contributed by atoms with Crippen molar-refractivity contribution >= 4 is 40.0 Å². The Bertz CT molecular complexity index is 795. The van der Waals surface area contributed by atoms with Gasteiger partial charge in [-0.05, 0) is 32.8 Å². The number of amides is 1. The van der Waals surface area contributed by atoms with Crippen LogP contribution in [0, 0.1) is 6.92 Å². The van der Waals surface area contributed by atoms with Gasteiger partial charge in [0.1, 0.15) is 10.8 Å². The molecule has 1 aliphatic rings. The molecule has 2 aromatic heterocycles. The normalized spacial score (nSPS) is 13.7. The third-order valence-electron chi connectivity index (χ3n) is 3.75. The van der Waals surface area contributed by atoms with Crippen LogP contribution in [0.4, 0.5) is 5.00 Å². The van der Waals surface area contributed by atoms with E-state index in [1.54, 1.807) is 13.0 Å². The smallest absolute Gasteiger partial charge is 0.341 e. The van der Waals surface area contributed by atoms with Gasteiger partial charge in [-0.25, -0.2) is 4.79 Å². The van der Waals surface area contributed by atoms with Crippen LogP contribution in [0.25, 0.3) is 0 Å². The number of thioether (sulfide) groups is 1. The van der Waals surface area contributed by atoms with Crippen molar-refractivity contribution in [3.8, 4) is 0 Å². The highest BCUT2D eigenvalue weighted by atomic mass is 32.2. The number of nitrogens with zero attached hydrogens (tertiary/aromatic N) is 3. The number of carbonyl (C=O) groups excluding carboxylic acids is 2. The summed E-state index contributed by atoms with van der Waals surface area (Å²) in [7, 11) is 1.93. The van der Waals surface area contributed by atoms with Gasteiger partial charge in [0, 0.05) is 17.8 Å². The molecule has 0 atom stereocenters. The van der Waals surface area contributed by atoms with Crippen LogP contribution in [-0.4, -0.2) is 39.0 Å². The number of nitrogens with one attached hydrogen (secondary N) is 1. The number of thiophene rings is 1. The standard InChI is InChI=1S/C16H20N4O3S2/c1-4-23-15(22)11-7-9(2)25-14(11)17-12(21)8-24-16-19-18-13(20(16)3)10-5-6-10/h7,10H,4-6,8H2,1-3H3,(H,17,21). The summed E-state index contributed by atoms with van der Waals surface area (Å²) in [5, 5.41) is 12.4. The summed E-state index contributed by atoms with van der Waals surface area (Å²) in [5.41, 5.74) is 0.400. The molecule has 0 saturated heterocycles. The fourth-order valence-corrected chi connectivity index (χ4v) is 4.04. The lowest BCUT2D eigenvalue weighted by molar-refractivity contribution is -0.113. The highest BCUT2D eigenvalue weighted by Gasteiger charge is 2.29. The third kappa shape index (κ3) is 4.21. The van der Waals surface area contributed by atoms with Crippen LogP contribution in [0.15, 0.2) is 11.2 Å². The molecule has 25 heavy (non-hydrogen) atoms. The first kappa shape index (κ1) is 17.9. The molecule has 134 valence electrons. The van der Waals surface area contributed by atoms with Gasteiger partial charge in [0.15, 0.2) is 5.16 Å². The predicted molar refractivity (Wildman–Crippen MR) is 97.3 cm³/mol. The quantitative estimate of drug-likeness (QED) is 0.587. The molecular weight excluding hydrogens is 360 g/mol. The summed E-state index contributed by atoms with van der Waals surface area (Å²) in [6, 6.07) is 1.73. The van der Waals surface area contributed by atoms with Crippen molar-refractivity contribution in [2.45, 2.75) is 37.8 Å². The maximum atomic E-state index is 12.3. The average Bonchev–Trinajstić information content (AvgIpc) is 3.24. The molecule has 0 aliphatic heterocycles. The Labute approximate surface area is 154 Å². The van der Waals surface area contributed by atoms with Crippen LogP contribution in [0.2, 0.25) is 0 Å². The van der Waals surface area contributed by atoms with E-state index in [0.717, 1.165) is 28.7 Å². The maximum absolute atomic E-state index is 12.3. The van der Waals surface area contributed by atoms with Crippen LogP contribution < -0.4 is 5.32 Å². The van der Waals surface area contributed by atoms with Crippen molar-refractivity contribution < 1.29 is 14.3 Å². The van der Waals surface area contributed by atoms with Gasteiger partial charge >= 0.3 is 5.97 Å². The van der Waals surface area contributed by atoms with E-state index in [-0.39, 0.29) is 11.7 Å². The highest BCUT2D eigenvalue weighted by Crippen LogP contribution is 2.39. The van der Waals surface area contributed by atoms with Crippen LogP contribution >= 0.6 is 23.1 Å². The summed E-state index contributed by atoms with van der Waals surface area (Å²) >= 11 is 2.70. The number of ether oxygens (including phenoxy) is 1. The monoisotopic (exact) mass is 380 g/mol. The number of aromatic nitrogens is 3. The van der Waals surface area contributed by atoms with Gasteiger partial charge in [-0.3, -0.25) is 4.79 Å². The molecule has 0 spiro atoms. The van der Waals surface area contributed by atoms with Crippen molar-refractivity contribution in [1.82, 2.24) is 14.8 Å². The minimum atomic E-state index is -0.419. The van der Waals surface area contributed by atoms with Gasteiger partial charge < -0.3 is 14.6 Å². The number of hydrogen-bond donors (Lipinski definition) is 1. The second kappa shape index (κ2) is 7.57. The summed E-state index contributed by atoms with van der Waals surface area (Å²) in [4.78, 5) is 25.2. The molecule has 1 saturated carbocycles. The van der Waals surface area contributed by atoms with Gasteiger partial charge in [0.2, 0.25) is 5.91 Å². The van der Waals surface area contributed by atoms with E-state index in [1.165, 1.54) is 23.1 Å². The molecule has 0 unspecified atom stereocenters. The van der Waals surface area contributed by atoms with Crippen molar-refractivity contribution in [2.75, 3.05) is 17.7 Å². The zero-order valence-corrected chi connectivity index (χ0v) is 16.0. The Hall–Kier alpha value is -1.87. The summed E-state index contributed by atoms with van der Waals surface area (Å²) < 4.78 is 6.98. The van der Waals surface area contributed by atoms with E-state index in [2.05, 4.69) is 15.5 Å². The lowest BCUT2D eigenvalue weighted by Crippen LogP contribution is -2.16. The lowest BCUT2D eigenvalue weighted by atomic mass is 10.3. The fraction of sp³-hybridized carbons (Fsp3) is 0.500. The maximum Gasteiger partial charge on any atom is 0.341 e. The molecule has 1 N–H and O–H groups in total. The van der Waals surface area contributed by atoms with Crippen molar-refractivity contribution in [1.29, 1.82) is 0 Å². The Morgan fingerprint density at radius 2 is 2.20 bits per heavy atom. The molecule has 2 heterocycles. The summed E-state index contributed by atoms with van der Waals surface area (Å²) in [5.74, 6) is 1.10. The van der Waals surface area contributed by atoms with E-state index in [9.17, 15) is 9.59 Å². The topological polar surface area (TPSA) is 86.1 Å². The lowest BCUT2D eigenvalue weighted by Gasteiger charge is -2.06. The van der Waals surface area contributed by atoms with Gasteiger partial charge in [-0.1, -0.05) is 11.8 Å². The van der Waals surface area contributed by atoms with Crippen molar-refractivity contribution in [3.05, 3.63) is 22.3 Å². The predicted octanol–water partition coefficient (Wildman–Crippen LogP) is 2.97. The molecule has 1 fully saturated rings. The Balaban J connectivity index is 1.60. The average molecular weight is 380 g/mol. The van der Waals surface area contributed by atoms with Crippen LogP contribution in [0.5, 0.6) is 0 Å². The number of hydrogen-bond acceptors (Lipinski definition) is 7. The molecule has 1 aliphatic carbocycles. The van der Waals surface area contributed by atoms with Gasteiger partial charge in [-0.15, -0.1) is 21.5 Å². The number of esters is 1. The van der Waals surface area contributed by atoms with E-state index in [4.69, 9.17) is 4.74 Å². The summed E-state index contributed by atoms with van der Waals surface area (Å²) in [6.45, 7) is 3.94. The van der Waals surface area contributed by atoms with Gasteiger partial charge in [0.05, 0.1) is 17.9 Å². The second-order valence-electron chi connectivity index (χ2n) is 5.83. The number of carbonyl (C=O) groups is 2. The minimum Gasteiger partial charge on any atom is -0.462 e. The molecule has 0 radical (unpaired) electrons. The van der Waals surface area contributed by atoms with E-state index in [1.807, 2.05) is 18.5 Å². The fourth-order valence-electron chi connectivity index (χ4n) is 2.41. The third-order valence-corrected chi connectivity index (χ3v) is 5.73. The Morgan fingerprint density at radius 3 is 2.88 bits per heavy atom. The molecule has 7 nitrogen and oxygen atoms in total. The van der Waals surface area contributed by atoms with Crippen molar-refractivity contribution in [2.24, 2.45) is 7.05 Å². The van der Waals surface area contributed by atoms with Gasteiger partial charge in [0.25, 0.3) is 0 Å². The largest absolute Gasteiger partial charge is 0.462 e. The van der Waals surface area contributed by atoms with Crippen molar-refractivity contribution in [3.63, 3.8) is 0 Å². The van der Waals surface area contributed by atoms with Gasteiger partial charge in [-0.2, -0.15) is 0 Å². The SMILES string of the molecule is CCOC(=O)c1cc(C)sc1NC(=O)CSc1nnc(C2CC2)n1C. The van der Waals surface area contributed by atoms with Crippen LogP contribution in [-0.2, 0) is 16.6 Å². The molecule has 0 aromatic carbocycles. The van der Waals surface area contributed by atoms with E-state index in [0.29, 0.717) is 23.1 Å². The van der Waals surface area contributed by atoms with Crippen LogP contribution in [0.3, 0.4) is 0 Å². The first-order chi connectivity index (χ1) is 12.0. The number of rotatable bonds is 7. The molecule has 1 amide bonds. The number of anilines is 1. The molecule has 3 rings (SSSR count). The molecule has 2 aromatic rings. The minimum absolute atomic E-state index is 0.187. The first-order valence-corrected chi connectivity index (χ1v) is 9.89.